The Balaban J connectivity index is 1.89. The molecular formula is C12H12Cl2N4OS2. The van der Waals surface area contributed by atoms with E-state index in [-0.39, 0.29) is 17.7 Å². The number of anilines is 1. The maximum absolute atomic E-state index is 11.9. The van der Waals surface area contributed by atoms with Crippen molar-refractivity contribution in [2.24, 2.45) is 0 Å². The monoisotopic (exact) mass is 362 g/mol. The lowest BCUT2D eigenvalue weighted by Gasteiger charge is -2.15. The molecule has 1 aromatic carbocycles. The number of halogens is 2. The average Bonchev–Trinajstić information content (AvgIpc) is 2.82. The molecule has 9 heteroatoms. The molecule has 1 heterocycles. The molecule has 0 spiro atoms. The fourth-order valence-electron chi connectivity index (χ4n) is 1.62. The second-order valence-corrected chi connectivity index (χ2v) is 7.23. The van der Waals surface area contributed by atoms with Crippen molar-refractivity contribution >= 4 is 57.3 Å². The summed E-state index contributed by atoms with van der Waals surface area (Å²) in [6.45, 7) is 1.86. The van der Waals surface area contributed by atoms with E-state index in [1.165, 1.54) is 23.1 Å². The van der Waals surface area contributed by atoms with Crippen LogP contribution in [0, 0.1) is 0 Å². The molecule has 0 aliphatic carbocycles. The zero-order chi connectivity index (χ0) is 15.4. The summed E-state index contributed by atoms with van der Waals surface area (Å²) in [5.74, 6) is 0.122. The van der Waals surface area contributed by atoms with Crippen LogP contribution >= 0.6 is 46.3 Å². The van der Waals surface area contributed by atoms with Crippen molar-refractivity contribution in [2.75, 3.05) is 11.5 Å². The normalized spacial score (nSPS) is 12.1. The highest BCUT2D eigenvalue weighted by atomic mass is 35.5. The third-order valence-corrected chi connectivity index (χ3v) is 5.00. The van der Waals surface area contributed by atoms with Crippen LogP contribution in [0.2, 0.25) is 10.0 Å². The van der Waals surface area contributed by atoms with Gasteiger partial charge >= 0.3 is 0 Å². The molecule has 1 atom stereocenters. The topological polar surface area (TPSA) is 80.9 Å². The molecule has 5 nitrogen and oxygen atoms in total. The lowest BCUT2D eigenvalue weighted by Crippen LogP contribution is -2.28. The number of rotatable bonds is 5. The zero-order valence-corrected chi connectivity index (χ0v) is 14.1. The van der Waals surface area contributed by atoms with Gasteiger partial charge in [0.15, 0.2) is 4.34 Å². The molecule has 3 N–H and O–H groups in total. The van der Waals surface area contributed by atoms with E-state index in [0.717, 1.165) is 5.56 Å². The number of carbonyl (C=O) groups is 1. The number of hydrogen-bond donors (Lipinski definition) is 2. The van der Waals surface area contributed by atoms with Crippen molar-refractivity contribution in [1.29, 1.82) is 0 Å². The van der Waals surface area contributed by atoms with Crippen LogP contribution in [0.25, 0.3) is 0 Å². The Labute approximate surface area is 140 Å². The van der Waals surface area contributed by atoms with Crippen LogP contribution in [-0.4, -0.2) is 21.9 Å². The first-order valence-electron chi connectivity index (χ1n) is 5.92. The number of amides is 1. The summed E-state index contributed by atoms with van der Waals surface area (Å²) in [4.78, 5) is 11.9. The van der Waals surface area contributed by atoms with Crippen molar-refractivity contribution in [3.63, 3.8) is 0 Å². The standard InChI is InChI=1S/C12H12Cl2N4OS2/c1-6(8-3-2-7(13)4-9(8)14)16-10(19)5-20-12-18-17-11(15)21-12/h2-4,6H,5H2,1H3,(H2,15,17)(H,16,19). The van der Waals surface area contributed by atoms with E-state index in [4.69, 9.17) is 28.9 Å². The van der Waals surface area contributed by atoms with Gasteiger partial charge in [-0.1, -0.05) is 52.4 Å². The van der Waals surface area contributed by atoms with Crippen molar-refractivity contribution in [1.82, 2.24) is 15.5 Å². The van der Waals surface area contributed by atoms with Crippen molar-refractivity contribution in [2.45, 2.75) is 17.3 Å². The van der Waals surface area contributed by atoms with E-state index in [1.807, 2.05) is 6.92 Å². The summed E-state index contributed by atoms with van der Waals surface area (Å²) in [6, 6.07) is 4.99. The van der Waals surface area contributed by atoms with Crippen molar-refractivity contribution in [3.8, 4) is 0 Å². The molecule has 1 aromatic heterocycles. The minimum Gasteiger partial charge on any atom is -0.374 e. The van der Waals surface area contributed by atoms with Crippen molar-refractivity contribution < 1.29 is 4.79 Å². The number of nitrogens with two attached hydrogens (primary N) is 1. The van der Waals surface area contributed by atoms with E-state index in [2.05, 4.69) is 15.5 Å². The van der Waals surface area contributed by atoms with Gasteiger partial charge in [0, 0.05) is 10.0 Å². The van der Waals surface area contributed by atoms with Crippen LogP contribution in [-0.2, 0) is 4.79 Å². The molecule has 1 unspecified atom stereocenters. The third kappa shape index (κ3) is 4.74. The highest BCUT2D eigenvalue weighted by Crippen LogP contribution is 2.27. The predicted molar refractivity (Wildman–Crippen MR) is 88.1 cm³/mol. The molecular weight excluding hydrogens is 351 g/mol. The Morgan fingerprint density at radius 3 is 2.86 bits per heavy atom. The Morgan fingerprint density at radius 1 is 1.48 bits per heavy atom. The van der Waals surface area contributed by atoms with Gasteiger partial charge < -0.3 is 11.1 Å². The van der Waals surface area contributed by atoms with Crippen LogP contribution in [0.5, 0.6) is 0 Å². The Kier molecular flexibility index (Phi) is 5.69. The minimum atomic E-state index is -0.206. The van der Waals surface area contributed by atoms with Crippen LogP contribution in [0.15, 0.2) is 22.5 Å². The summed E-state index contributed by atoms with van der Waals surface area (Å²) < 4.78 is 0.667. The summed E-state index contributed by atoms with van der Waals surface area (Å²) in [6.07, 6.45) is 0. The van der Waals surface area contributed by atoms with Gasteiger partial charge in [0.25, 0.3) is 0 Å². The summed E-state index contributed by atoms with van der Waals surface area (Å²) in [5, 5.41) is 11.9. The first-order valence-corrected chi connectivity index (χ1v) is 8.47. The van der Waals surface area contributed by atoms with Crippen LogP contribution < -0.4 is 11.1 Å². The molecule has 0 radical (unpaired) electrons. The fourth-order valence-corrected chi connectivity index (χ4v) is 3.64. The maximum Gasteiger partial charge on any atom is 0.230 e. The highest BCUT2D eigenvalue weighted by Gasteiger charge is 2.14. The molecule has 2 aromatic rings. The Bertz CT molecular complexity index is 650. The molecule has 0 saturated carbocycles. The number of benzene rings is 1. The summed E-state index contributed by atoms with van der Waals surface area (Å²) >= 11 is 14.5. The van der Waals surface area contributed by atoms with Gasteiger partial charge in [0.05, 0.1) is 11.8 Å². The number of hydrogen-bond acceptors (Lipinski definition) is 6. The van der Waals surface area contributed by atoms with E-state index in [9.17, 15) is 4.79 Å². The second kappa shape index (κ2) is 7.31. The van der Waals surface area contributed by atoms with Gasteiger partial charge in [-0.25, -0.2) is 0 Å². The number of nitrogen functional groups attached to an aromatic ring is 1. The van der Waals surface area contributed by atoms with Gasteiger partial charge in [-0.2, -0.15) is 0 Å². The van der Waals surface area contributed by atoms with Crippen LogP contribution in [0.4, 0.5) is 5.13 Å². The van der Waals surface area contributed by atoms with Gasteiger partial charge in [-0.05, 0) is 24.6 Å². The molecule has 2 rings (SSSR count). The maximum atomic E-state index is 11.9. The lowest BCUT2D eigenvalue weighted by atomic mass is 10.1. The van der Waals surface area contributed by atoms with E-state index in [1.54, 1.807) is 18.2 Å². The quantitative estimate of drug-likeness (QED) is 0.796. The summed E-state index contributed by atoms with van der Waals surface area (Å²) in [7, 11) is 0. The van der Waals surface area contributed by atoms with Crippen LogP contribution in [0.3, 0.4) is 0 Å². The van der Waals surface area contributed by atoms with Gasteiger partial charge in [0.2, 0.25) is 11.0 Å². The largest absolute Gasteiger partial charge is 0.374 e. The highest BCUT2D eigenvalue weighted by molar-refractivity contribution is 8.01. The molecule has 0 fully saturated rings. The molecule has 1 amide bonds. The predicted octanol–water partition coefficient (Wildman–Crippen LogP) is 3.40. The number of carbonyl (C=O) groups excluding carboxylic acids is 1. The van der Waals surface area contributed by atoms with E-state index >= 15 is 0 Å². The fraction of sp³-hybridized carbons (Fsp3) is 0.250. The number of nitrogens with zero attached hydrogens (tertiary/aromatic N) is 2. The SMILES string of the molecule is CC(NC(=O)CSc1nnc(N)s1)c1ccc(Cl)cc1Cl. The molecule has 0 bridgehead atoms. The number of nitrogens with one attached hydrogen (secondary N) is 1. The molecule has 0 aliphatic heterocycles. The minimum absolute atomic E-state index is 0.118. The average molecular weight is 363 g/mol. The molecule has 21 heavy (non-hydrogen) atoms. The Hall–Kier alpha value is -1.02. The number of aromatic nitrogens is 2. The first kappa shape index (κ1) is 16.4. The van der Waals surface area contributed by atoms with Crippen LogP contribution in [0.1, 0.15) is 18.5 Å². The van der Waals surface area contributed by atoms with E-state index in [0.29, 0.717) is 19.5 Å². The van der Waals surface area contributed by atoms with Gasteiger partial charge in [0.1, 0.15) is 0 Å². The second-order valence-electron chi connectivity index (χ2n) is 4.15. The summed E-state index contributed by atoms with van der Waals surface area (Å²) in [5.41, 5.74) is 6.30. The molecule has 112 valence electrons. The molecule has 0 aliphatic rings. The Morgan fingerprint density at radius 2 is 2.24 bits per heavy atom. The third-order valence-electron chi connectivity index (χ3n) is 2.56. The lowest BCUT2D eigenvalue weighted by molar-refractivity contribution is -0.119. The number of thioether (sulfide) groups is 1. The van der Waals surface area contributed by atoms with Crippen molar-refractivity contribution in [3.05, 3.63) is 33.8 Å². The smallest absolute Gasteiger partial charge is 0.230 e. The zero-order valence-electron chi connectivity index (χ0n) is 11.0. The van der Waals surface area contributed by atoms with E-state index < -0.39 is 0 Å². The van der Waals surface area contributed by atoms with Gasteiger partial charge in [-0.15, -0.1) is 10.2 Å². The first-order chi connectivity index (χ1) is 9.95. The molecule has 0 saturated heterocycles. The van der Waals surface area contributed by atoms with Gasteiger partial charge in [-0.3, -0.25) is 4.79 Å².